The molecule has 1 heterocycles. The van der Waals surface area contributed by atoms with Gasteiger partial charge in [0.2, 0.25) is 5.91 Å². The summed E-state index contributed by atoms with van der Waals surface area (Å²) in [6.45, 7) is 2.63. The third kappa shape index (κ3) is 5.77. The molecule has 0 aliphatic heterocycles. The van der Waals surface area contributed by atoms with E-state index < -0.39 is 0 Å². The maximum Gasteiger partial charge on any atom is 0.230 e. The van der Waals surface area contributed by atoms with E-state index in [2.05, 4.69) is 36.5 Å². The first-order chi connectivity index (χ1) is 11.1. The minimum absolute atomic E-state index is 0.0516. The molecule has 4 nitrogen and oxygen atoms in total. The number of amides is 1. The van der Waals surface area contributed by atoms with Crippen molar-refractivity contribution in [3.8, 4) is 0 Å². The van der Waals surface area contributed by atoms with Gasteiger partial charge in [-0.25, -0.2) is 0 Å². The van der Waals surface area contributed by atoms with E-state index in [4.69, 9.17) is 4.42 Å². The molecule has 23 heavy (non-hydrogen) atoms. The van der Waals surface area contributed by atoms with Crippen molar-refractivity contribution in [3.63, 3.8) is 0 Å². The van der Waals surface area contributed by atoms with E-state index in [0.717, 1.165) is 11.5 Å². The van der Waals surface area contributed by atoms with E-state index in [1.807, 2.05) is 31.1 Å². The Kier molecular flexibility index (Phi) is 6.74. The summed E-state index contributed by atoms with van der Waals surface area (Å²) in [5, 5.41) is 2.99. The molecule has 0 saturated carbocycles. The van der Waals surface area contributed by atoms with Crippen LogP contribution >= 0.6 is 11.8 Å². The van der Waals surface area contributed by atoms with E-state index in [9.17, 15) is 4.79 Å². The summed E-state index contributed by atoms with van der Waals surface area (Å²) in [6.07, 6.45) is 1.66. The van der Waals surface area contributed by atoms with Crippen LogP contribution in [0.25, 0.3) is 0 Å². The average molecular weight is 332 g/mol. The number of benzene rings is 1. The Hall–Kier alpha value is -1.72. The van der Waals surface area contributed by atoms with Gasteiger partial charge in [-0.3, -0.25) is 9.69 Å². The highest BCUT2D eigenvalue weighted by Gasteiger charge is 2.17. The standard InChI is InChI=1S/C18H24N2O2S/c1-14-6-4-7-15(10-14)12-23-13-18(21)19-11-16(20(2)3)17-8-5-9-22-17/h4-10,16H,11-13H2,1-3H3,(H,19,21). The van der Waals surface area contributed by atoms with E-state index in [1.54, 1.807) is 18.0 Å². The van der Waals surface area contributed by atoms with Gasteiger partial charge in [0.05, 0.1) is 18.1 Å². The van der Waals surface area contributed by atoms with Crippen LogP contribution in [0.2, 0.25) is 0 Å². The summed E-state index contributed by atoms with van der Waals surface area (Å²) in [4.78, 5) is 14.1. The second-order valence-corrected chi connectivity index (χ2v) is 6.77. The molecule has 1 unspecified atom stereocenters. The minimum atomic E-state index is 0.0516. The van der Waals surface area contributed by atoms with Crippen LogP contribution in [0.5, 0.6) is 0 Å². The molecule has 5 heteroatoms. The fourth-order valence-electron chi connectivity index (χ4n) is 2.34. The first-order valence-corrected chi connectivity index (χ1v) is 8.81. The van der Waals surface area contributed by atoms with Gasteiger partial charge in [-0.15, -0.1) is 11.8 Å². The van der Waals surface area contributed by atoms with E-state index >= 15 is 0 Å². The Morgan fingerprint density at radius 2 is 2.13 bits per heavy atom. The summed E-state index contributed by atoms with van der Waals surface area (Å²) in [5.74, 6) is 2.24. The molecule has 1 amide bonds. The minimum Gasteiger partial charge on any atom is -0.468 e. The molecular formula is C18H24N2O2S. The molecule has 2 rings (SSSR count). The molecule has 0 saturated heterocycles. The molecule has 0 bridgehead atoms. The lowest BCUT2D eigenvalue weighted by molar-refractivity contribution is -0.118. The van der Waals surface area contributed by atoms with Gasteiger partial charge in [-0.1, -0.05) is 29.8 Å². The molecule has 1 atom stereocenters. The van der Waals surface area contributed by atoms with Crippen molar-refractivity contribution in [2.45, 2.75) is 18.7 Å². The van der Waals surface area contributed by atoms with Crippen molar-refractivity contribution in [3.05, 3.63) is 59.5 Å². The molecule has 1 aromatic carbocycles. The Bertz CT molecular complexity index is 611. The maximum atomic E-state index is 12.0. The molecule has 1 aromatic heterocycles. The Morgan fingerprint density at radius 1 is 1.30 bits per heavy atom. The van der Waals surface area contributed by atoms with Gasteiger partial charge in [0.1, 0.15) is 5.76 Å². The quantitative estimate of drug-likeness (QED) is 0.806. The number of likely N-dealkylation sites (N-methyl/N-ethyl adjacent to an activating group) is 1. The van der Waals surface area contributed by atoms with Crippen molar-refractivity contribution >= 4 is 17.7 Å². The fraction of sp³-hybridized carbons (Fsp3) is 0.389. The van der Waals surface area contributed by atoms with Gasteiger partial charge in [-0.05, 0) is 38.7 Å². The number of carbonyl (C=O) groups excluding carboxylic acids is 1. The number of aryl methyl sites for hydroxylation is 1. The van der Waals surface area contributed by atoms with E-state index in [0.29, 0.717) is 12.3 Å². The van der Waals surface area contributed by atoms with Crippen molar-refractivity contribution in [1.29, 1.82) is 0 Å². The molecule has 0 spiro atoms. The summed E-state index contributed by atoms with van der Waals surface area (Å²) in [6, 6.07) is 12.2. The zero-order valence-corrected chi connectivity index (χ0v) is 14.7. The lowest BCUT2D eigenvalue weighted by Crippen LogP contribution is -2.35. The Balaban J connectivity index is 1.74. The van der Waals surface area contributed by atoms with Crippen molar-refractivity contribution in [2.24, 2.45) is 0 Å². The molecule has 0 radical (unpaired) electrons. The number of hydrogen-bond donors (Lipinski definition) is 1. The zero-order valence-electron chi connectivity index (χ0n) is 13.9. The summed E-state index contributed by atoms with van der Waals surface area (Å²) >= 11 is 1.63. The molecular weight excluding hydrogens is 308 g/mol. The van der Waals surface area contributed by atoms with Crippen LogP contribution in [0.4, 0.5) is 0 Å². The number of thioether (sulfide) groups is 1. The van der Waals surface area contributed by atoms with Crippen LogP contribution in [-0.4, -0.2) is 37.2 Å². The first kappa shape index (κ1) is 17.6. The topological polar surface area (TPSA) is 45.5 Å². The number of furan rings is 1. The molecule has 124 valence electrons. The van der Waals surface area contributed by atoms with Crippen LogP contribution in [0.15, 0.2) is 47.1 Å². The van der Waals surface area contributed by atoms with Crippen LogP contribution in [0.1, 0.15) is 22.9 Å². The average Bonchev–Trinajstić information content (AvgIpc) is 3.01. The van der Waals surface area contributed by atoms with Crippen molar-refractivity contribution in [2.75, 3.05) is 26.4 Å². The molecule has 0 fully saturated rings. The largest absolute Gasteiger partial charge is 0.468 e. The van der Waals surface area contributed by atoms with Crippen LogP contribution in [0.3, 0.4) is 0 Å². The van der Waals surface area contributed by atoms with Gasteiger partial charge in [-0.2, -0.15) is 0 Å². The molecule has 0 aliphatic carbocycles. The van der Waals surface area contributed by atoms with Gasteiger partial charge >= 0.3 is 0 Å². The SMILES string of the molecule is Cc1cccc(CSCC(=O)NCC(c2ccco2)N(C)C)c1. The lowest BCUT2D eigenvalue weighted by Gasteiger charge is -2.22. The zero-order chi connectivity index (χ0) is 16.7. The lowest BCUT2D eigenvalue weighted by atomic mass is 10.2. The predicted molar refractivity (Wildman–Crippen MR) is 95.5 cm³/mol. The van der Waals surface area contributed by atoms with Gasteiger partial charge in [0, 0.05) is 12.3 Å². The first-order valence-electron chi connectivity index (χ1n) is 7.66. The number of nitrogens with zero attached hydrogens (tertiary/aromatic N) is 1. The maximum absolute atomic E-state index is 12.0. The molecule has 0 aliphatic rings. The number of rotatable bonds is 8. The highest BCUT2D eigenvalue weighted by molar-refractivity contribution is 7.99. The van der Waals surface area contributed by atoms with E-state index in [-0.39, 0.29) is 11.9 Å². The van der Waals surface area contributed by atoms with Gasteiger partial charge < -0.3 is 9.73 Å². The Labute approximate surface area is 142 Å². The third-order valence-corrected chi connectivity index (χ3v) is 4.58. The second-order valence-electron chi connectivity index (χ2n) is 5.78. The number of carbonyl (C=O) groups is 1. The summed E-state index contributed by atoms with van der Waals surface area (Å²) in [5.41, 5.74) is 2.50. The summed E-state index contributed by atoms with van der Waals surface area (Å²) in [7, 11) is 3.96. The highest BCUT2D eigenvalue weighted by atomic mass is 32.2. The van der Waals surface area contributed by atoms with Crippen LogP contribution in [-0.2, 0) is 10.5 Å². The van der Waals surface area contributed by atoms with E-state index in [1.165, 1.54) is 11.1 Å². The van der Waals surface area contributed by atoms with Crippen LogP contribution < -0.4 is 5.32 Å². The number of hydrogen-bond acceptors (Lipinski definition) is 4. The second kappa shape index (κ2) is 8.79. The Morgan fingerprint density at radius 3 is 2.78 bits per heavy atom. The molecule has 1 N–H and O–H groups in total. The molecule has 2 aromatic rings. The smallest absolute Gasteiger partial charge is 0.230 e. The number of nitrogens with one attached hydrogen (secondary N) is 1. The van der Waals surface area contributed by atoms with Crippen molar-refractivity contribution < 1.29 is 9.21 Å². The fourth-order valence-corrected chi connectivity index (χ4v) is 3.15. The monoisotopic (exact) mass is 332 g/mol. The van der Waals surface area contributed by atoms with Gasteiger partial charge in [0.15, 0.2) is 0 Å². The highest BCUT2D eigenvalue weighted by Crippen LogP contribution is 2.18. The van der Waals surface area contributed by atoms with Crippen molar-refractivity contribution in [1.82, 2.24) is 10.2 Å². The van der Waals surface area contributed by atoms with Crippen LogP contribution in [0, 0.1) is 6.92 Å². The third-order valence-electron chi connectivity index (χ3n) is 3.57. The summed E-state index contributed by atoms with van der Waals surface area (Å²) < 4.78 is 5.44. The van der Waals surface area contributed by atoms with Gasteiger partial charge in [0.25, 0.3) is 0 Å². The predicted octanol–water partition coefficient (Wildman–Crippen LogP) is 3.24. The normalized spacial score (nSPS) is 12.3.